The second kappa shape index (κ2) is 7.88. The van der Waals surface area contributed by atoms with Crippen LogP contribution in [-0.2, 0) is 11.2 Å². The third-order valence-corrected chi connectivity index (χ3v) is 2.86. The van der Waals surface area contributed by atoms with Crippen LogP contribution in [0.25, 0.3) is 0 Å². The van der Waals surface area contributed by atoms with Crippen LogP contribution >= 0.6 is 0 Å². The summed E-state index contributed by atoms with van der Waals surface area (Å²) in [5.74, 6) is 0.552. The Kier molecular flexibility index (Phi) is 6.44. The average Bonchev–Trinajstić information content (AvgIpc) is 2.37. The maximum absolute atomic E-state index is 11.7. The lowest BCUT2D eigenvalue weighted by atomic mass is 10.1. The first kappa shape index (κ1) is 14.7. The molecule has 0 saturated heterocycles. The summed E-state index contributed by atoms with van der Waals surface area (Å²) < 4.78 is 0. The zero-order valence-electron chi connectivity index (χ0n) is 11.2. The number of hydrogen-bond acceptors (Lipinski definition) is 2. The molecule has 0 spiro atoms. The summed E-state index contributed by atoms with van der Waals surface area (Å²) in [7, 11) is 0. The molecule has 1 amide bonds. The van der Waals surface area contributed by atoms with Crippen LogP contribution in [-0.4, -0.2) is 23.7 Å². The summed E-state index contributed by atoms with van der Waals surface area (Å²) in [5, 5.41) is 12.2. The molecule has 100 valence electrons. The van der Waals surface area contributed by atoms with E-state index < -0.39 is 0 Å². The van der Waals surface area contributed by atoms with Crippen LogP contribution in [0.3, 0.4) is 0 Å². The average molecular weight is 249 g/mol. The van der Waals surface area contributed by atoms with Gasteiger partial charge in [0, 0.05) is 6.42 Å². The van der Waals surface area contributed by atoms with Crippen molar-refractivity contribution in [2.75, 3.05) is 6.61 Å². The molecule has 0 aromatic heterocycles. The van der Waals surface area contributed by atoms with Crippen LogP contribution in [0, 0.1) is 5.92 Å². The molecule has 0 radical (unpaired) electrons. The molecule has 1 unspecified atom stereocenters. The molecule has 1 rings (SSSR count). The lowest BCUT2D eigenvalue weighted by molar-refractivity contribution is -0.122. The van der Waals surface area contributed by atoms with Crippen molar-refractivity contribution in [3.8, 4) is 0 Å². The second-order valence-electron chi connectivity index (χ2n) is 5.07. The van der Waals surface area contributed by atoms with Crippen LogP contribution in [0.4, 0.5) is 0 Å². The molecule has 0 bridgehead atoms. The summed E-state index contributed by atoms with van der Waals surface area (Å²) in [6, 6.07) is 9.70. The summed E-state index contributed by atoms with van der Waals surface area (Å²) >= 11 is 0. The molecule has 3 heteroatoms. The van der Waals surface area contributed by atoms with E-state index in [9.17, 15) is 9.90 Å². The number of benzene rings is 1. The van der Waals surface area contributed by atoms with E-state index in [1.807, 2.05) is 30.3 Å². The molecular weight excluding hydrogens is 226 g/mol. The van der Waals surface area contributed by atoms with Gasteiger partial charge >= 0.3 is 0 Å². The molecule has 1 aromatic carbocycles. The van der Waals surface area contributed by atoms with E-state index in [0.717, 1.165) is 12.0 Å². The molecule has 0 aliphatic heterocycles. The first-order chi connectivity index (χ1) is 8.61. The van der Waals surface area contributed by atoms with Crippen molar-refractivity contribution in [2.45, 2.75) is 39.2 Å². The van der Waals surface area contributed by atoms with E-state index in [-0.39, 0.29) is 18.6 Å². The van der Waals surface area contributed by atoms with E-state index in [2.05, 4.69) is 19.2 Å². The van der Waals surface area contributed by atoms with Gasteiger partial charge in [-0.3, -0.25) is 4.79 Å². The zero-order valence-corrected chi connectivity index (χ0v) is 11.2. The highest BCUT2D eigenvalue weighted by Crippen LogP contribution is 2.05. The number of rotatable bonds is 7. The summed E-state index contributed by atoms with van der Waals surface area (Å²) in [4.78, 5) is 11.7. The molecule has 0 fully saturated rings. The van der Waals surface area contributed by atoms with Crippen LogP contribution in [0.15, 0.2) is 30.3 Å². The Labute approximate surface area is 109 Å². The number of hydrogen-bond donors (Lipinski definition) is 2. The standard InChI is InChI=1S/C15H23NO2/c1-12(2)8-9-15(18)16-14(11-17)10-13-6-4-3-5-7-13/h3-7,12,14,17H,8-11H2,1-2H3,(H,16,18). The van der Waals surface area contributed by atoms with Crippen molar-refractivity contribution in [2.24, 2.45) is 5.92 Å². The largest absolute Gasteiger partial charge is 0.394 e. The van der Waals surface area contributed by atoms with Gasteiger partial charge in [-0.25, -0.2) is 0 Å². The van der Waals surface area contributed by atoms with Crippen LogP contribution < -0.4 is 5.32 Å². The number of carbonyl (C=O) groups is 1. The van der Waals surface area contributed by atoms with E-state index >= 15 is 0 Å². The van der Waals surface area contributed by atoms with Gasteiger partial charge in [0.05, 0.1) is 12.6 Å². The lowest BCUT2D eigenvalue weighted by Gasteiger charge is -2.16. The molecule has 0 aliphatic carbocycles. The van der Waals surface area contributed by atoms with Crippen molar-refractivity contribution in [1.82, 2.24) is 5.32 Å². The minimum Gasteiger partial charge on any atom is -0.394 e. The fourth-order valence-corrected chi connectivity index (χ4v) is 1.78. The second-order valence-corrected chi connectivity index (χ2v) is 5.07. The predicted molar refractivity (Wildman–Crippen MR) is 73.2 cm³/mol. The molecule has 18 heavy (non-hydrogen) atoms. The number of aliphatic hydroxyl groups is 1. The number of nitrogens with one attached hydrogen (secondary N) is 1. The maximum Gasteiger partial charge on any atom is 0.220 e. The smallest absolute Gasteiger partial charge is 0.220 e. The molecule has 0 aliphatic rings. The summed E-state index contributed by atoms with van der Waals surface area (Å²) in [6.07, 6.45) is 2.09. The molecular formula is C15H23NO2. The van der Waals surface area contributed by atoms with Gasteiger partial charge in [-0.15, -0.1) is 0 Å². The fraction of sp³-hybridized carbons (Fsp3) is 0.533. The maximum atomic E-state index is 11.7. The topological polar surface area (TPSA) is 49.3 Å². The number of aliphatic hydroxyl groups excluding tert-OH is 1. The Balaban J connectivity index is 2.40. The minimum absolute atomic E-state index is 0.0255. The number of amides is 1. The third-order valence-electron chi connectivity index (χ3n) is 2.86. The fourth-order valence-electron chi connectivity index (χ4n) is 1.78. The SMILES string of the molecule is CC(C)CCC(=O)NC(CO)Cc1ccccc1. The van der Waals surface area contributed by atoms with Gasteiger partial charge in [-0.05, 0) is 24.3 Å². The highest BCUT2D eigenvalue weighted by Gasteiger charge is 2.12. The van der Waals surface area contributed by atoms with Crippen LogP contribution in [0.5, 0.6) is 0 Å². The normalized spacial score (nSPS) is 12.4. The predicted octanol–water partition coefficient (Wildman–Crippen LogP) is 2.14. The molecule has 1 aromatic rings. The Morgan fingerprint density at radius 1 is 1.28 bits per heavy atom. The monoisotopic (exact) mass is 249 g/mol. The van der Waals surface area contributed by atoms with E-state index in [4.69, 9.17) is 0 Å². The minimum atomic E-state index is -0.188. The Bertz CT molecular complexity index is 349. The van der Waals surface area contributed by atoms with Gasteiger partial charge in [0.2, 0.25) is 5.91 Å². The molecule has 1 atom stereocenters. The van der Waals surface area contributed by atoms with Crippen LogP contribution in [0.1, 0.15) is 32.3 Å². The van der Waals surface area contributed by atoms with Crippen molar-refractivity contribution in [3.05, 3.63) is 35.9 Å². The van der Waals surface area contributed by atoms with E-state index in [1.165, 1.54) is 0 Å². The van der Waals surface area contributed by atoms with Crippen molar-refractivity contribution >= 4 is 5.91 Å². The van der Waals surface area contributed by atoms with Crippen molar-refractivity contribution < 1.29 is 9.90 Å². The Morgan fingerprint density at radius 2 is 1.94 bits per heavy atom. The summed E-state index contributed by atoms with van der Waals surface area (Å²) in [6.45, 7) is 4.17. The quantitative estimate of drug-likeness (QED) is 0.778. The van der Waals surface area contributed by atoms with Gasteiger partial charge in [-0.1, -0.05) is 44.2 Å². The third kappa shape index (κ3) is 5.82. The van der Waals surface area contributed by atoms with E-state index in [0.29, 0.717) is 18.8 Å². The molecule has 2 N–H and O–H groups in total. The zero-order chi connectivity index (χ0) is 13.4. The first-order valence-corrected chi connectivity index (χ1v) is 6.56. The van der Waals surface area contributed by atoms with Gasteiger partial charge in [0.1, 0.15) is 0 Å². The van der Waals surface area contributed by atoms with Gasteiger partial charge in [0.25, 0.3) is 0 Å². The highest BCUT2D eigenvalue weighted by atomic mass is 16.3. The van der Waals surface area contributed by atoms with Gasteiger partial charge in [-0.2, -0.15) is 0 Å². The molecule has 0 heterocycles. The lowest BCUT2D eigenvalue weighted by Crippen LogP contribution is -2.39. The van der Waals surface area contributed by atoms with E-state index in [1.54, 1.807) is 0 Å². The van der Waals surface area contributed by atoms with Crippen LogP contribution in [0.2, 0.25) is 0 Å². The Morgan fingerprint density at radius 3 is 2.50 bits per heavy atom. The summed E-state index contributed by atoms with van der Waals surface area (Å²) in [5.41, 5.74) is 1.13. The molecule has 0 saturated carbocycles. The number of carbonyl (C=O) groups excluding carboxylic acids is 1. The van der Waals surface area contributed by atoms with Crippen molar-refractivity contribution in [3.63, 3.8) is 0 Å². The van der Waals surface area contributed by atoms with Gasteiger partial charge in [0.15, 0.2) is 0 Å². The first-order valence-electron chi connectivity index (χ1n) is 6.56. The Hall–Kier alpha value is -1.35. The van der Waals surface area contributed by atoms with Gasteiger partial charge < -0.3 is 10.4 Å². The van der Waals surface area contributed by atoms with Crippen molar-refractivity contribution in [1.29, 1.82) is 0 Å². The highest BCUT2D eigenvalue weighted by molar-refractivity contribution is 5.76. The molecule has 3 nitrogen and oxygen atoms in total.